The van der Waals surface area contributed by atoms with Gasteiger partial charge in [-0.15, -0.1) is 0 Å². The van der Waals surface area contributed by atoms with Crippen molar-refractivity contribution in [1.82, 2.24) is 0 Å². The molecule has 38 heavy (non-hydrogen) atoms. The molecule has 0 aliphatic heterocycles. The van der Waals surface area contributed by atoms with Crippen LogP contribution in [0.2, 0.25) is 0 Å². The second-order valence-electron chi connectivity index (χ2n) is 9.08. The summed E-state index contributed by atoms with van der Waals surface area (Å²) in [5.74, 6) is -3.72. The molecule has 0 aliphatic carbocycles. The summed E-state index contributed by atoms with van der Waals surface area (Å²) in [5, 5.41) is 9.67. The van der Waals surface area contributed by atoms with E-state index >= 15 is 0 Å². The summed E-state index contributed by atoms with van der Waals surface area (Å²) in [6.45, 7) is 8.02. The molecule has 0 amide bonds. The molecule has 11 nitrogen and oxygen atoms in total. The third kappa shape index (κ3) is 9.07. The smallest absolute Gasteiger partial charge is 0.480 e. The Kier molecular flexibility index (Phi) is 11.1. The average molecular weight is 532 g/mol. The first kappa shape index (κ1) is 30.1. The Morgan fingerprint density at radius 2 is 1.37 bits per heavy atom. The van der Waals surface area contributed by atoms with E-state index in [9.17, 15) is 24.3 Å². The Hall–Kier alpha value is -4.12. The van der Waals surface area contributed by atoms with Gasteiger partial charge in [-0.1, -0.05) is 31.2 Å². The molecule has 2 aromatic carbocycles. The molecule has 0 saturated heterocycles. The lowest BCUT2D eigenvalue weighted by atomic mass is 9.82. The highest BCUT2D eigenvalue weighted by Gasteiger charge is 2.33. The Morgan fingerprint density at radius 1 is 0.816 bits per heavy atom. The summed E-state index contributed by atoms with van der Waals surface area (Å²) >= 11 is 0. The van der Waals surface area contributed by atoms with Crippen LogP contribution in [0, 0.1) is 5.92 Å². The molecule has 0 fully saturated rings. The second kappa shape index (κ2) is 14.0. The predicted octanol–water partition coefficient (Wildman–Crippen LogP) is 4.52. The van der Waals surface area contributed by atoms with Crippen LogP contribution in [-0.4, -0.2) is 54.2 Å². The van der Waals surface area contributed by atoms with Crippen molar-refractivity contribution in [3.63, 3.8) is 0 Å². The maximum absolute atomic E-state index is 12.4. The van der Waals surface area contributed by atoms with Crippen LogP contribution in [0.15, 0.2) is 48.5 Å². The highest BCUT2D eigenvalue weighted by molar-refractivity contribution is 5.89. The zero-order valence-electron chi connectivity index (χ0n) is 21.9. The summed E-state index contributed by atoms with van der Waals surface area (Å²) in [6, 6.07) is 11.0. The van der Waals surface area contributed by atoms with Gasteiger partial charge in [-0.3, -0.25) is 4.79 Å². The molecular weight excluding hydrogens is 498 g/mol. The maximum atomic E-state index is 12.4. The van der Waals surface area contributed by atoms with E-state index in [0.29, 0.717) is 11.1 Å². The Bertz CT molecular complexity index is 1120. The number of carboxylic acid groups (broad SMARTS) is 1. The van der Waals surface area contributed by atoms with E-state index in [1.165, 1.54) is 18.2 Å². The molecular formula is C27H33NO10. The van der Waals surface area contributed by atoms with E-state index in [2.05, 4.69) is 0 Å². The van der Waals surface area contributed by atoms with Crippen molar-refractivity contribution in [2.75, 3.05) is 6.61 Å². The van der Waals surface area contributed by atoms with E-state index in [0.717, 1.165) is 0 Å². The quantitative estimate of drug-likeness (QED) is 0.238. The lowest BCUT2D eigenvalue weighted by Crippen LogP contribution is -2.40. The van der Waals surface area contributed by atoms with Crippen molar-refractivity contribution < 1.29 is 48.0 Å². The number of carbonyl (C=O) groups excluding carboxylic acids is 3. The van der Waals surface area contributed by atoms with Gasteiger partial charge in [0.1, 0.15) is 6.04 Å². The van der Waals surface area contributed by atoms with Crippen molar-refractivity contribution in [3.8, 4) is 11.5 Å². The second-order valence-corrected chi connectivity index (χ2v) is 9.08. The molecule has 0 spiro atoms. The Balaban J connectivity index is 2.38. The largest absolute Gasteiger partial charge is 0.514 e. The van der Waals surface area contributed by atoms with E-state index in [-0.39, 0.29) is 18.1 Å². The number of nitrogens with two attached hydrogens (primary N) is 1. The van der Waals surface area contributed by atoms with E-state index < -0.39 is 54.3 Å². The fourth-order valence-electron chi connectivity index (χ4n) is 3.52. The molecule has 0 heterocycles. The Labute approximate surface area is 220 Å². The first-order valence-corrected chi connectivity index (χ1v) is 12.0. The minimum Gasteiger partial charge on any atom is -0.480 e. The van der Waals surface area contributed by atoms with Gasteiger partial charge in [-0.05, 0) is 63.4 Å². The van der Waals surface area contributed by atoms with E-state index in [1.54, 1.807) is 65.0 Å². The minimum absolute atomic E-state index is 0.149. The number of aliphatic carboxylic acids is 1. The molecule has 2 rings (SSSR count). The third-order valence-electron chi connectivity index (χ3n) is 5.18. The molecule has 206 valence electrons. The van der Waals surface area contributed by atoms with Crippen LogP contribution >= 0.6 is 0 Å². The van der Waals surface area contributed by atoms with Crippen LogP contribution in [0.1, 0.15) is 56.5 Å². The van der Waals surface area contributed by atoms with Gasteiger partial charge in [-0.25, -0.2) is 14.4 Å². The number of ether oxygens (including phenoxy) is 5. The Morgan fingerprint density at radius 3 is 1.89 bits per heavy atom. The van der Waals surface area contributed by atoms with Crippen molar-refractivity contribution >= 4 is 24.2 Å². The van der Waals surface area contributed by atoms with Gasteiger partial charge in [0.25, 0.3) is 0 Å². The standard InChI is InChI=1S/C27H33NO10/c1-15(2)35-26(32)37-20-12-11-19(13-21(20)38-27(33)36-16(3)4)22(23(28)24(29)30)17(5)14-34-25(31)18-9-7-6-8-10-18/h6-13,15-17,22-23H,14,28H2,1-5H3,(H,29,30)/t17-,22?,23-/m0/s1. The molecule has 2 aromatic rings. The van der Waals surface area contributed by atoms with Crippen molar-refractivity contribution in [2.45, 2.75) is 58.8 Å². The fraction of sp³-hybridized carbons (Fsp3) is 0.407. The number of carbonyl (C=O) groups is 4. The third-order valence-corrected chi connectivity index (χ3v) is 5.18. The molecule has 3 N–H and O–H groups in total. The number of hydrogen-bond donors (Lipinski definition) is 2. The van der Waals surface area contributed by atoms with E-state index in [1.807, 2.05) is 0 Å². The highest BCUT2D eigenvalue weighted by atomic mass is 16.7. The van der Waals surface area contributed by atoms with Gasteiger partial charge in [-0.2, -0.15) is 0 Å². The molecule has 3 atom stereocenters. The first-order valence-electron chi connectivity index (χ1n) is 12.0. The van der Waals surface area contributed by atoms with Crippen LogP contribution in [0.3, 0.4) is 0 Å². The zero-order valence-corrected chi connectivity index (χ0v) is 21.9. The SMILES string of the molecule is CC(C)OC(=O)Oc1ccc(C([C@H](N)C(=O)O)[C@@H](C)COC(=O)c2ccccc2)cc1OC(=O)OC(C)C. The van der Waals surface area contributed by atoms with Crippen molar-refractivity contribution in [3.05, 3.63) is 59.7 Å². The fourth-order valence-corrected chi connectivity index (χ4v) is 3.52. The summed E-state index contributed by atoms with van der Waals surface area (Å²) in [6.07, 6.45) is -3.05. The van der Waals surface area contributed by atoms with Crippen LogP contribution in [-0.2, 0) is 19.0 Å². The lowest BCUT2D eigenvalue weighted by Gasteiger charge is -2.28. The first-order chi connectivity index (χ1) is 17.9. The topological polar surface area (TPSA) is 161 Å². The van der Waals surface area contributed by atoms with Gasteiger partial charge in [0.2, 0.25) is 0 Å². The molecule has 0 bridgehead atoms. The van der Waals surface area contributed by atoms with Gasteiger partial charge in [0.05, 0.1) is 24.4 Å². The highest BCUT2D eigenvalue weighted by Crippen LogP contribution is 2.36. The van der Waals surface area contributed by atoms with Gasteiger partial charge >= 0.3 is 24.2 Å². The zero-order chi connectivity index (χ0) is 28.4. The summed E-state index contributed by atoms with van der Waals surface area (Å²) in [4.78, 5) is 48.5. The molecule has 0 saturated carbocycles. The van der Waals surface area contributed by atoms with Crippen molar-refractivity contribution in [2.24, 2.45) is 11.7 Å². The molecule has 0 radical (unpaired) electrons. The lowest BCUT2D eigenvalue weighted by molar-refractivity contribution is -0.139. The van der Waals surface area contributed by atoms with Crippen LogP contribution in [0.25, 0.3) is 0 Å². The van der Waals surface area contributed by atoms with Gasteiger partial charge < -0.3 is 34.5 Å². The molecule has 0 aliphatic rings. The van der Waals surface area contributed by atoms with Crippen LogP contribution < -0.4 is 15.2 Å². The molecule has 0 aromatic heterocycles. The molecule has 11 heteroatoms. The number of benzene rings is 2. The maximum Gasteiger partial charge on any atom is 0.514 e. The minimum atomic E-state index is -1.41. The number of hydrogen-bond acceptors (Lipinski definition) is 10. The van der Waals surface area contributed by atoms with Crippen molar-refractivity contribution in [1.29, 1.82) is 0 Å². The van der Waals surface area contributed by atoms with E-state index in [4.69, 9.17) is 29.4 Å². The monoisotopic (exact) mass is 531 g/mol. The number of carboxylic acids is 1. The van der Waals surface area contributed by atoms with Crippen LogP contribution in [0.5, 0.6) is 11.5 Å². The number of esters is 1. The normalized spacial score (nSPS) is 13.3. The molecule has 1 unspecified atom stereocenters. The van der Waals surface area contributed by atoms with Gasteiger partial charge in [0, 0.05) is 5.92 Å². The summed E-state index contributed by atoms with van der Waals surface area (Å²) < 4.78 is 25.8. The van der Waals surface area contributed by atoms with Crippen LogP contribution in [0.4, 0.5) is 9.59 Å². The average Bonchev–Trinajstić information content (AvgIpc) is 2.83. The van der Waals surface area contributed by atoms with Gasteiger partial charge in [0.15, 0.2) is 11.5 Å². The number of rotatable bonds is 11. The predicted molar refractivity (Wildman–Crippen MR) is 135 cm³/mol. The summed E-state index contributed by atoms with van der Waals surface area (Å²) in [7, 11) is 0. The summed E-state index contributed by atoms with van der Waals surface area (Å²) in [5.41, 5.74) is 6.70.